The maximum atomic E-state index is 6.24. The molecule has 0 aromatic carbocycles. The third-order valence-corrected chi connectivity index (χ3v) is 5.48. The minimum atomic E-state index is -0.223. The van der Waals surface area contributed by atoms with Crippen molar-refractivity contribution in [2.24, 2.45) is 0 Å². The number of fused-ring (bicyclic) bond motifs is 5. The van der Waals surface area contributed by atoms with Crippen molar-refractivity contribution in [2.75, 3.05) is 32.5 Å². The normalized spacial score (nSPS) is 16.1. The van der Waals surface area contributed by atoms with Gasteiger partial charge in [-0.25, -0.2) is 15.0 Å². The number of furan rings is 1. The molecular formula is C22H31N5O2. The summed E-state index contributed by atoms with van der Waals surface area (Å²) in [4.78, 5) is 16.1. The van der Waals surface area contributed by atoms with Gasteiger partial charge in [-0.05, 0) is 52.4 Å². The second kappa shape index (κ2) is 7.54. The predicted octanol–water partition coefficient (Wildman–Crippen LogP) is 4.11. The molecule has 0 aliphatic carbocycles. The zero-order chi connectivity index (χ0) is 20.8. The first kappa shape index (κ1) is 20.0. The molecule has 1 aliphatic rings. The summed E-state index contributed by atoms with van der Waals surface area (Å²) in [6, 6.07) is 0. The highest BCUT2D eigenvalue weighted by Gasteiger charge is 2.32. The van der Waals surface area contributed by atoms with Crippen molar-refractivity contribution < 1.29 is 9.15 Å². The van der Waals surface area contributed by atoms with E-state index >= 15 is 0 Å². The van der Waals surface area contributed by atoms with Gasteiger partial charge in [0.1, 0.15) is 11.8 Å². The topological polar surface area (TPSA) is 76.3 Å². The molecule has 3 aromatic heterocycles. The van der Waals surface area contributed by atoms with Gasteiger partial charge in [-0.3, -0.25) is 0 Å². The molecule has 29 heavy (non-hydrogen) atoms. The van der Waals surface area contributed by atoms with Crippen LogP contribution in [-0.2, 0) is 17.8 Å². The molecular weight excluding hydrogens is 366 g/mol. The summed E-state index contributed by atoms with van der Waals surface area (Å²) in [6.07, 6.45) is 3.44. The number of aromatic nitrogens is 3. The lowest BCUT2D eigenvalue weighted by molar-refractivity contribution is -0.0402. The summed E-state index contributed by atoms with van der Waals surface area (Å²) >= 11 is 0. The van der Waals surface area contributed by atoms with E-state index in [9.17, 15) is 0 Å². The van der Waals surface area contributed by atoms with Crippen molar-refractivity contribution in [1.82, 2.24) is 19.9 Å². The Bertz CT molecular complexity index is 1040. The molecule has 4 rings (SSSR count). The van der Waals surface area contributed by atoms with Crippen molar-refractivity contribution in [3.63, 3.8) is 0 Å². The highest BCUT2D eigenvalue weighted by Crippen LogP contribution is 2.40. The molecule has 0 amide bonds. The van der Waals surface area contributed by atoms with Crippen LogP contribution in [0.2, 0.25) is 0 Å². The monoisotopic (exact) mass is 397 g/mol. The molecule has 7 nitrogen and oxygen atoms in total. The van der Waals surface area contributed by atoms with Crippen molar-refractivity contribution in [2.45, 2.75) is 58.7 Å². The molecule has 0 atom stereocenters. The molecule has 1 aliphatic heterocycles. The maximum Gasteiger partial charge on any atom is 0.229 e. The highest BCUT2D eigenvalue weighted by atomic mass is 16.5. The van der Waals surface area contributed by atoms with Crippen LogP contribution < -0.4 is 5.32 Å². The average molecular weight is 398 g/mol. The standard InChI is InChI=1S/C22H31N5O2/c1-13(2)17-15-11-28-22(3,4)10-14(15)16-18-19(29-21(16)26-17)20(25-12-24-18)23-8-7-9-27(5)6/h12-13H,7-11H2,1-6H3,(H,23,24,25). The van der Waals surface area contributed by atoms with Crippen LogP contribution in [0.15, 0.2) is 10.7 Å². The van der Waals surface area contributed by atoms with Gasteiger partial charge in [0.05, 0.1) is 23.3 Å². The third-order valence-electron chi connectivity index (χ3n) is 5.48. The van der Waals surface area contributed by atoms with Gasteiger partial charge in [-0.2, -0.15) is 0 Å². The van der Waals surface area contributed by atoms with E-state index in [0.29, 0.717) is 23.8 Å². The lowest BCUT2D eigenvalue weighted by Gasteiger charge is -2.33. The fourth-order valence-corrected chi connectivity index (χ4v) is 4.04. The van der Waals surface area contributed by atoms with Crippen LogP contribution in [-0.4, -0.2) is 52.6 Å². The smallest absolute Gasteiger partial charge is 0.229 e. The Hall–Kier alpha value is -2.25. The molecule has 1 N–H and O–H groups in total. The van der Waals surface area contributed by atoms with Gasteiger partial charge >= 0.3 is 0 Å². The summed E-state index contributed by atoms with van der Waals surface area (Å²) in [5.41, 5.74) is 5.44. The van der Waals surface area contributed by atoms with Gasteiger partial charge in [0.25, 0.3) is 0 Å². The van der Waals surface area contributed by atoms with Gasteiger partial charge in [0.2, 0.25) is 5.71 Å². The second-order valence-electron chi connectivity index (χ2n) is 9.10. The largest absolute Gasteiger partial charge is 0.432 e. The molecule has 7 heteroatoms. The summed E-state index contributed by atoms with van der Waals surface area (Å²) in [5.74, 6) is 1.03. The van der Waals surface area contributed by atoms with E-state index in [1.807, 2.05) is 0 Å². The van der Waals surface area contributed by atoms with Crippen LogP contribution in [0, 0.1) is 0 Å². The van der Waals surface area contributed by atoms with Crippen LogP contribution >= 0.6 is 0 Å². The van der Waals surface area contributed by atoms with Crippen LogP contribution in [0.5, 0.6) is 0 Å². The first-order valence-electron chi connectivity index (χ1n) is 10.4. The van der Waals surface area contributed by atoms with Gasteiger partial charge in [-0.1, -0.05) is 13.8 Å². The minimum Gasteiger partial charge on any atom is -0.432 e. The molecule has 0 bridgehead atoms. The van der Waals surface area contributed by atoms with Crippen molar-refractivity contribution in [3.05, 3.63) is 23.1 Å². The Morgan fingerprint density at radius 2 is 2.00 bits per heavy atom. The van der Waals surface area contributed by atoms with Gasteiger partial charge in [0, 0.05) is 18.5 Å². The van der Waals surface area contributed by atoms with Crippen molar-refractivity contribution in [1.29, 1.82) is 0 Å². The Balaban J connectivity index is 1.83. The van der Waals surface area contributed by atoms with E-state index in [4.69, 9.17) is 14.1 Å². The number of nitrogens with zero attached hydrogens (tertiary/aromatic N) is 4. The Labute approximate surface area is 171 Å². The van der Waals surface area contributed by atoms with Crippen molar-refractivity contribution >= 4 is 28.0 Å². The quantitative estimate of drug-likeness (QED) is 0.627. The maximum absolute atomic E-state index is 6.24. The van der Waals surface area contributed by atoms with Crippen LogP contribution in [0.25, 0.3) is 22.2 Å². The number of nitrogens with one attached hydrogen (secondary N) is 1. The average Bonchev–Trinajstić information content (AvgIpc) is 3.03. The molecule has 0 saturated carbocycles. The summed E-state index contributed by atoms with van der Waals surface area (Å²) in [7, 11) is 4.16. The number of hydrogen-bond acceptors (Lipinski definition) is 7. The summed E-state index contributed by atoms with van der Waals surface area (Å²) in [6.45, 7) is 11.0. The molecule has 156 valence electrons. The van der Waals surface area contributed by atoms with Crippen LogP contribution in [0.4, 0.5) is 5.82 Å². The van der Waals surface area contributed by atoms with Gasteiger partial charge in [-0.15, -0.1) is 0 Å². The fourth-order valence-electron chi connectivity index (χ4n) is 4.04. The van der Waals surface area contributed by atoms with Crippen LogP contribution in [0.3, 0.4) is 0 Å². The Morgan fingerprint density at radius 1 is 1.21 bits per heavy atom. The first-order chi connectivity index (χ1) is 13.8. The van der Waals surface area contributed by atoms with E-state index in [2.05, 4.69) is 62.0 Å². The highest BCUT2D eigenvalue weighted by molar-refractivity contribution is 6.06. The van der Waals surface area contributed by atoms with Gasteiger partial charge < -0.3 is 19.4 Å². The number of rotatable bonds is 6. The predicted molar refractivity (Wildman–Crippen MR) is 115 cm³/mol. The molecule has 0 radical (unpaired) electrons. The summed E-state index contributed by atoms with van der Waals surface area (Å²) < 4.78 is 12.3. The number of ether oxygens (including phenoxy) is 1. The molecule has 0 unspecified atom stereocenters. The number of pyridine rings is 1. The van der Waals surface area contributed by atoms with Gasteiger partial charge in [0.15, 0.2) is 11.4 Å². The fraction of sp³-hybridized carbons (Fsp3) is 0.591. The first-order valence-corrected chi connectivity index (χ1v) is 10.4. The van der Waals surface area contributed by atoms with Crippen LogP contribution in [0.1, 0.15) is 56.9 Å². The SMILES string of the molecule is CC(C)c1nc2oc3c(NCCCN(C)C)ncnc3c2c2c1COC(C)(C)C2. The Kier molecular flexibility index (Phi) is 5.21. The number of hydrogen-bond donors (Lipinski definition) is 1. The summed E-state index contributed by atoms with van der Waals surface area (Å²) in [5, 5.41) is 4.42. The van der Waals surface area contributed by atoms with E-state index in [1.54, 1.807) is 6.33 Å². The zero-order valence-corrected chi connectivity index (χ0v) is 18.3. The van der Waals surface area contributed by atoms with E-state index in [0.717, 1.165) is 48.3 Å². The molecule has 0 spiro atoms. The molecule has 0 fully saturated rings. The zero-order valence-electron chi connectivity index (χ0n) is 18.3. The molecule has 3 aromatic rings. The second-order valence-corrected chi connectivity index (χ2v) is 9.10. The number of anilines is 1. The lowest BCUT2D eigenvalue weighted by Crippen LogP contribution is -2.33. The molecule has 4 heterocycles. The van der Waals surface area contributed by atoms with E-state index in [-0.39, 0.29) is 5.60 Å². The third kappa shape index (κ3) is 3.81. The molecule has 0 saturated heterocycles. The van der Waals surface area contributed by atoms with E-state index in [1.165, 1.54) is 11.1 Å². The minimum absolute atomic E-state index is 0.223. The Morgan fingerprint density at radius 3 is 2.72 bits per heavy atom. The lowest BCUT2D eigenvalue weighted by atomic mass is 9.87. The van der Waals surface area contributed by atoms with E-state index < -0.39 is 0 Å². The van der Waals surface area contributed by atoms with Crippen molar-refractivity contribution in [3.8, 4) is 0 Å².